The van der Waals surface area contributed by atoms with Crippen LogP contribution in [0.5, 0.6) is 5.75 Å². The van der Waals surface area contributed by atoms with Crippen molar-refractivity contribution in [3.8, 4) is 5.75 Å². The Balaban J connectivity index is 1.78. The molecule has 3 rings (SSSR count). The second-order valence-electron chi connectivity index (χ2n) is 4.50. The Bertz CT molecular complexity index is 704. The lowest BCUT2D eigenvalue weighted by Gasteiger charge is -2.06. The van der Waals surface area contributed by atoms with Crippen LogP contribution in [0.2, 0.25) is 0 Å². The smallest absolute Gasteiger partial charge is 0.188 e. The highest BCUT2D eigenvalue weighted by atomic mass is 32.1. The van der Waals surface area contributed by atoms with E-state index in [1.54, 1.807) is 6.07 Å². The Labute approximate surface area is 120 Å². The summed E-state index contributed by atoms with van der Waals surface area (Å²) in [4.78, 5) is 0.542. The third-order valence-electron chi connectivity index (χ3n) is 3.01. The van der Waals surface area contributed by atoms with E-state index in [2.05, 4.69) is 0 Å². The first-order valence-electron chi connectivity index (χ1n) is 6.29. The zero-order valence-electron chi connectivity index (χ0n) is 10.7. The van der Waals surface area contributed by atoms with Crippen LogP contribution in [0.15, 0.2) is 54.6 Å². The zero-order chi connectivity index (χ0) is 13.9. The van der Waals surface area contributed by atoms with Crippen molar-refractivity contribution in [2.75, 3.05) is 0 Å². The highest BCUT2D eigenvalue weighted by Gasteiger charge is 2.08. The second-order valence-corrected chi connectivity index (χ2v) is 5.61. The molecule has 2 N–H and O–H groups in total. The molecule has 2 aromatic carbocycles. The highest BCUT2D eigenvalue weighted by molar-refractivity contribution is 7.19. The molecule has 1 heterocycles. The van der Waals surface area contributed by atoms with Crippen molar-refractivity contribution in [1.82, 2.24) is 0 Å². The molecule has 0 aliphatic rings. The molecule has 0 fully saturated rings. The van der Waals surface area contributed by atoms with Gasteiger partial charge in [0.15, 0.2) is 6.29 Å². The lowest BCUT2D eigenvalue weighted by Crippen LogP contribution is -1.94. The van der Waals surface area contributed by atoms with E-state index in [0.29, 0.717) is 11.5 Å². The van der Waals surface area contributed by atoms with Gasteiger partial charge in [-0.05, 0) is 35.2 Å². The number of benzene rings is 2. The van der Waals surface area contributed by atoms with Crippen LogP contribution in [0.1, 0.15) is 16.7 Å². The lowest BCUT2D eigenvalue weighted by molar-refractivity contribution is -0.0394. The Morgan fingerprint density at radius 2 is 1.80 bits per heavy atom. The fourth-order valence-electron chi connectivity index (χ4n) is 1.99. The van der Waals surface area contributed by atoms with Crippen molar-refractivity contribution in [3.63, 3.8) is 0 Å². The minimum Gasteiger partial charge on any atom is -0.489 e. The maximum atomic E-state index is 9.18. The third-order valence-corrected chi connectivity index (χ3v) is 4.15. The molecule has 0 spiro atoms. The van der Waals surface area contributed by atoms with Crippen molar-refractivity contribution >= 4 is 21.4 Å². The fourth-order valence-corrected chi connectivity index (χ4v) is 2.96. The van der Waals surface area contributed by atoms with Crippen LogP contribution in [0.4, 0.5) is 0 Å². The van der Waals surface area contributed by atoms with Crippen LogP contribution in [-0.2, 0) is 6.61 Å². The number of ether oxygens (including phenoxy) is 1. The topological polar surface area (TPSA) is 49.7 Å². The van der Waals surface area contributed by atoms with Crippen molar-refractivity contribution < 1.29 is 14.9 Å². The fraction of sp³-hybridized carbons (Fsp3) is 0.125. The number of rotatable bonds is 4. The summed E-state index contributed by atoms with van der Waals surface area (Å²) in [6, 6.07) is 17.5. The van der Waals surface area contributed by atoms with Crippen LogP contribution in [0, 0.1) is 0 Å². The van der Waals surface area contributed by atoms with Gasteiger partial charge in [-0.15, -0.1) is 11.3 Å². The summed E-state index contributed by atoms with van der Waals surface area (Å²) >= 11 is 1.36. The van der Waals surface area contributed by atoms with Gasteiger partial charge < -0.3 is 14.9 Å². The van der Waals surface area contributed by atoms with E-state index >= 15 is 0 Å². The van der Waals surface area contributed by atoms with Gasteiger partial charge in [-0.25, -0.2) is 0 Å². The van der Waals surface area contributed by atoms with Gasteiger partial charge in [0.1, 0.15) is 12.4 Å². The molecule has 0 bridgehead atoms. The summed E-state index contributed by atoms with van der Waals surface area (Å²) in [6.07, 6.45) is -1.42. The normalized spacial score (nSPS) is 11.2. The monoisotopic (exact) mass is 286 g/mol. The van der Waals surface area contributed by atoms with E-state index in [1.807, 2.05) is 48.5 Å². The van der Waals surface area contributed by atoms with Crippen LogP contribution in [0.25, 0.3) is 10.1 Å². The maximum absolute atomic E-state index is 9.18. The van der Waals surface area contributed by atoms with Crippen molar-refractivity contribution in [3.05, 3.63) is 65.0 Å². The van der Waals surface area contributed by atoms with Gasteiger partial charge in [0.25, 0.3) is 0 Å². The number of fused-ring (bicyclic) bond motifs is 1. The highest BCUT2D eigenvalue weighted by Crippen LogP contribution is 2.31. The largest absolute Gasteiger partial charge is 0.489 e. The van der Waals surface area contributed by atoms with Gasteiger partial charge in [-0.1, -0.05) is 30.3 Å². The van der Waals surface area contributed by atoms with Crippen LogP contribution in [-0.4, -0.2) is 10.2 Å². The Morgan fingerprint density at radius 3 is 2.55 bits per heavy atom. The molecule has 0 amide bonds. The van der Waals surface area contributed by atoms with Crippen LogP contribution in [0.3, 0.4) is 0 Å². The molecule has 4 heteroatoms. The van der Waals surface area contributed by atoms with Crippen LogP contribution < -0.4 is 4.74 Å². The summed E-state index contributed by atoms with van der Waals surface area (Å²) in [5.74, 6) is 0.780. The number of aliphatic hydroxyl groups excluding tert-OH is 1. The molecule has 3 aromatic rings. The summed E-state index contributed by atoms with van der Waals surface area (Å²) in [5, 5.41) is 19.4. The van der Waals surface area contributed by atoms with E-state index in [-0.39, 0.29) is 0 Å². The van der Waals surface area contributed by atoms with Crippen molar-refractivity contribution in [2.45, 2.75) is 12.9 Å². The van der Waals surface area contributed by atoms with E-state index in [4.69, 9.17) is 4.74 Å². The molecule has 0 saturated heterocycles. The molecular weight excluding hydrogens is 272 g/mol. The van der Waals surface area contributed by atoms with Crippen molar-refractivity contribution in [2.24, 2.45) is 0 Å². The first-order chi connectivity index (χ1) is 9.72. The molecule has 20 heavy (non-hydrogen) atoms. The van der Waals surface area contributed by atoms with Crippen LogP contribution >= 0.6 is 11.3 Å². The number of hydrogen-bond acceptors (Lipinski definition) is 4. The van der Waals surface area contributed by atoms with Gasteiger partial charge in [-0.3, -0.25) is 0 Å². The van der Waals surface area contributed by atoms with E-state index in [0.717, 1.165) is 21.4 Å². The number of hydrogen-bond donors (Lipinski definition) is 2. The number of aliphatic hydroxyl groups is 2. The molecule has 0 unspecified atom stereocenters. The van der Waals surface area contributed by atoms with Gasteiger partial charge in [0.2, 0.25) is 0 Å². The maximum Gasteiger partial charge on any atom is 0.188 e. The van der Waals surface area contributed by atoms with E-state index in [9.17, 15) is 10.2 Å². The zero-order valence-corrected chi connectivity index (χ0v) is 11.5. The quantitative estimate of drug-likeness (QED) is 0.722. The first-order valence-corrected chi connectivity index (χ1v) is 7.10. The predicted molar refractivity (Wildman–Crippen MR) is 79.8 cm³/mol. The summed E-state index contributed by atoms with van der Waals surface area (Å²) in [6.45, 7) is 0.521. The van der Waals surface area contributed by atoms with Gasteiger partial charge >= 0.3 is 0 Å². The minimum atomic E-state index is -1.42. The number of thiophene rings is 1. The Hall–Kier alpha value is -1.88. The molecule has 0 radical (unpaired) electrons. The van der Waals surface area contributed by atoms with E-state index in [1.165, 1.54) is 11.3 Å². The molecule has 1 aromatic heterocycles. The third kappa shape index (κ3) is 2.82. The SMILES string of the molecule is OC(O)c1cc2ccc(OCc3ccccc3)cc2s1. The van der Waals surface area contributed by atoms with E-state index < -0.39 is 6.29 Å². The molecule has 0 saturated carbocycles. The molecule has 0 atom stereocenters. The standard InChI is InChI=1S/C16H14O3S/c17-16(18)15-8-12-6-7-13(9-14(12)20-15)19-10-11-4-2-1-3-5-11/h1-9,16-18H,10H2. The first kappa shape index (κ1) is 13.1. The second kappa shape index (κ2) is 5.63. The molecule has 0 aliphatic carbocycles. The minimum absolute atomic E-state index is 0.521. The van der Waals surface area contributed by atoms with Gasteiger partial charge in [0, 0.05) is 4.70 Å². The van der Waals surface area contributed by atoms with Crippen molar-refractivity contribution in [1.29, 1.82) is 0 Å². The predicted octanol–water partition coefficient (Wildman–Crippen LogP) is 3.46. The molecular formula is C16H14O3S. The molecule has 3 nitrogen and oxygen atoms in total. The Kier molecular flexibility index (Phi) is 3.69. The average Bonchev–Trinajstić information content (AvgIpc) is 2.89. The van der Waals surface area contributed by atoms with Gasteiger partial charge in [0.05, 0.1) is 4.88 Å². The summed E-state index contributed by atoms with van der Waals surface area (Å²) in [7, 11) is 0. The summed E-state index contributed by atoms with van der Waals surface area (Å²) in [5.41, 5.74) is 1.12. The van der Waals surface area contributed by atoms with Gasteiger partial charge in [-0.2, -0.15) is 0 Å². The Morgan fingerprint density at radius 1 is 1.00 bits per heavy atom. The molecule has 102 valence electrons. The average molecular weight is 286 g/mol. The summed E-state index contributed by atoms with van der Waals surface area (Å²) < 4.78 is 6.74. The lowest BCUT2D eigenvalue weighted by atomic mass is 10.2. The molecule has 0 aliphatic heterocycles.